The molecule has 0 aliphatic carbocycles. The Morgan fingerprint density at radius 3 is 2.67 bits per heavy atom. The standard InChI is InChI=1S/C21H26N6/c1-2-17-8-10-18(11-9-17)20-16-22-13-15-26(20)14-12-21-23-24-25-27(21)19-6-4-3-5-7-19/h3-11,20,22H,2,12-16H2,1H3. The van der Waals surface area contributed by atoms with E-state index in [1.165, 1.54) is 11.1 Å². The molecule has 1 atom stereocenters. The Balaban J connectivity index is 1.47. The molecule has 2 aromatic carbocycles. The molecule has 1 aromatic heterocycles. The predicted octanol–water partition coefficient (Wildman–Crippen LogP) is 2.41. The summed E-state index contributed by atoms with van der Waals surface area (Å²) in [5.74, 6) is 0.903. The van der Waals surface area contributed by atoms with Gasteiger partial charge in [-0.3, -0.25) is 4.90 Å². The van der Waals surface area contributed by atoms with Gasteiger partial charge in [-0.25, -0.2) is 0 Å². The maximum atomic E-state index is 4.26. The second kappa shape index (κ2) is 8.41. The van der Waals surface area contributed by atoms with Gasteiger partial charge < -0.3 is 5.32 Å². The first kappa shape index (κ1) is 17.8. The lowest BCUT2D eigenvalue weighted by atomic mass is 10.0. The molecule has 4 rings (SSSR count). The smallest absolute Gasteiger partial charge is 0.157 e. The number of nitrogens with one attached hydrogen (secondary N) is 1. The lowest BCUT2D eigenvalue weighted by Gasteiger charge is -2.36. The summed E-state index contributed by atoms with van der Waals surface area (Å²) < 4.78 is 1.84. The van der Waals surface area contributed by atoms with Crippen molar-refractivity contribution in [1.82, 2.24) is 30.4 Å². The summed E-state index contributed by atoms with van der Waals surface area (Å²) in [6.45, 7) is 6.17. The number of aromatic nitrogens is 4. The van der Waals surface area contributed by atoms with Crippen molar-refractivity contribution in [2.24, 2.45) is 0 Å². The van der Waals surface area contributed by atoms with Gasteiger partial charge >= 0.3 is 0 Å². The van der Waals surface area contributed by atoms with Gasteiger partial charge in [0.15, 0.2) is 5.82 Å². The fourth-order valence-electron chi connectivity index (χ4n) is 3.69. The normalized spacial score (nSPS) is 17.9. The molecule has 0 radical (unpaired) electrons. The van der Waals surface area contributed by atoms with Gasteiger partial charge in [-0.2, -0.15) is 4.68 Å². The van der Waals surface area contributed by atoms with Crippen molar-refractivity contribution in [1.29, 1.82) is 0 Å². The molecule has 1 aliphatic heterocycles. The van der Waals surface area contributed by atoms with Crippen LogP contribution in [0.1, 0.15) is 29.9 Å². The first-order chi connectivity index (χ1) is 13.3. The number of tetrazole rings is 1. The maximum Gasteiger partial charge on any atom is 0.157 e. The molecule has 0 saturated carbocycles. The molecule has 1 N–H and O–H groups in total. The number of para-hydroxylation sites is 1. The monoisotopic (exact) mass is 362 g/mol. The minimum absolute atomic E-state index is 0.394. The second-order valence-corrected chi connectivity index (χ2v) is 6.94. The molecule has 0 bridgehead atoms. The Hall–Kier alpha value is -2.57. The van der Waals surface area contributed by atoms with E-state index < -0.39 is 0 Å². The maximum absolute atomic E-state index is 4.26. The van der Waals surface area contributed by atoms with E-state index in [9.17, 15) is 0 Å². The molecule has 0 spiro atoms. The number of benzene rings is 2. The van der Waals surface area contributed by atoms with Crippen LogP contribution in [0.5, 0.6) is 0 Å². The highest BCUT2D eigenvalue weighted by Gasteiger charge is 2.24. The lowest BCUT2D eigenvalue weighted by molar-refractivity contribution is 0.163. The summed E-state index contributed by atoms with van der Waals surface area (Å²) in [4.78, 5) is 2.54. The molecule has 1 fully saturated rings. The zero-order chi connectivity index (χ0) is 18.5. The van der Waals surface area contributed by atoms with Crippen molar-refractivity contribution in [2.75, 3.05) is 26.2 Å². The zero-order valence-corrected chi connectivity index (χ0v) is 15.8. The van der Waals surface area contributed by atoms with Crippen LogP contribution in [-0.2, 0) is 12.8 Å². The van der Waals surface area contributed by atoms with E-state index in [1.807, 2.05) is 35.0 Å². The van der Waals surface area contributed by atoms with Gasteiger partial charge in [0.2, 0.25) is 0 Å². The Kier molecular flexibility index (Phi) is 5.55. The van der Waals surface area contributed by atoms with Crippen molar-refractivity contribution in [2.45, 2.75) is 25.8 Å². The quantitative estimate of drug-likeness (QED) is 0.730. The van der Waals surface area contributed by atoms with Crippen LogP contribution in [0.2, 0.25) is 0 Å². The summed E-state index contributed by atoms with van der Waals surface area (Å²) in [5.41, 5.74) is 3.77. The highest BCUT2D eigenvalue weighted by molar-refractivity contribution is 5.30. The largest absolute Gasteiger partial charge is 0.314 e. The molecular formula is C21H26N6. The van der Waals surface area contributed by atoms with E-state index in [0.717, 1.165) is 50.5 Å². The highest BCUT2D eigenvalue weighted by atomic mass is 15.5. The van der Waals surface area contributed by atoms with E-state index in [1.54, 1.807) is 0 Å². The van der Waals surface area contributed by atoms with Crippen LogP contribution in [0.4, 0.5) is 0 Å². The number of nitrogens with zero attached hydrogens (tertiary/aromatic N) is 5. The SMILES string of the molecule is CCc1ccc(C2CNCCN2CCc2nnnn2-c2ccccc2)cc1. The lowest BCUT2D eigenvalue weighted by Crippen LogP contribution is -2.46. The molecule has 1 aliphatic rings. The molecule has 1 saturated heterocycles. The van der Waals surface area contributed by atoms with Gasteiger partial charge in [-0.15, -0.1) is 5.10 Å². The predicted molar refractivity (Wildman–Crippen MR) is 106 cm³/mol. The summed E-state index contributed by atoms with van der Waals surface area (Å²) in [6.07, 6.45) is 1.90. The van der Waals surface area contributed by atoms with Crippen LogP contribution in [0, 0.1) is 0 Å². The van der Waals surface area contributed by atoms with Gasteiger partial charge in [0.25, 0.3) is 0 Å². The van der Waals surface area contributed by atoms with Gasteiger partial charge in [0, 0.05) is 38.6 Å². The van der Waals surface area contributed by atoms with E-state index in [4.69, 9.17) is 0 Å². The number of hydrogen-bond acceptors (Lipinski definition) is 5. The molecule has 27 heavy (non-hydrogen) atoms. The third kappa shape index (κ3) is 4.07. The Morgan fingerprint density at radius 2 is 1.89 bits per heavy atom. The molecule has 140 valence electrons. The van der Waals surface area contributed by atoms with E-state index >= 15 is 0 Å². The molecule has 0 amide bonds. The van der Waals surface area contributed by atoms with Crippen molar-refractivity contribution < 1.29 is 0 Å². The minimum atomic E-state index is 0.394. The van der Waals surface area contributed by atoms with Crippen LogP contribution in [0.15, 0.2) is 54.6 Å². The van der Waals surface area contributed by atoms with Crippen LogP contribution in [0.25, 0.3) is 5.69 Å². The first-order valence-electron chi connectivity index (χ1n) is 9.71. The van der Waals surface area contributed by atoms with E-state index in [0.29, 0.717) is 6.04 Å². The first-order valence-corrected chi connectivity index (χ1v) is 9.71. The summed E-state index contributed by atoms with van der Waals surface area (Å²) >= 11 is 0. The van der Waals surface area contributed by atoms with Crippen LogP contribution < -0.4 is 5.32 Å². The van der Waals surface area contributed by atoms with Gasteiger partial charge in [0.1, 0.15) is 0 Å². The molecule has 3 aromatic rings. The fraction of sp³-hybridized carbons (Fsp3) is 0.381. The topological polar surface area (TPSA) is 58.9 Å². The zero-order valence-electron chi connectivity index (χ0n) is 15.8. The van der Waals surface area contributed by atoms with Crippen molar-refractivity contribution in [3.05, 3.63) is 71.5 Å². The van der Waals surface area contributed by atoms with Gasteiger partial charge in [-0.05, 0) is 40.1 Å². The molecule has 1 unspecified atom stereocenters. The average molecular weight is 362 g/mol. The fourth-order valence-corrected chi connectivity index (χ4v) is 3.69. The summed E-state index contributed by atoms with van der Waals surface area (Å²) in [5, 5.41) is 15.9. The molecule has 6 heteroatoms. The molecule has 6 nitrogen and oxygen atoms in total. The van der Waals surface area contributed by atoms with Crippen molar-refractivity contribution >= 4 is 0 Å². The minimum Gasteiger partial charge on any atom is -0.314 e. The van der Waals surface area contributed by atoms with Gasteiger partial charge in [0.05, 0.1) is 5.69 Å². The highest BCUT2D eigenvalue weighted by Crippen LogP contribution is 2.23. The Bertz CT molecular complexity index is 843. The van der Waals surface area contributed by atoms with Crippen molar-refractivity contribution in [3.8, 4) is 5.69 Å². The number of hydrogen-bond donors (Lipinski definition) is 1. The Morgan fingerprint density at radius 1 is 1.07 bits per heavy atom. The average Bonchev–Trinajstić information content (AvgIpc) is 3.22. The second-order valence-electron chi connectivity index (χ2n) is 6.94. The third-order valence-corrected chi connectivity index (χ3v) is 5.28. The van der Waals surface area contributed by atoms with Gasteiger partial charge in [-0.1, -0.05) is 49.4 Å². The molecular weight excluding hydrogens is 336 g/mol. The van der Waals surface area contributed by atoms with Crippen molar-refractivity contribution in [3.63, 3.8) is 0 Å². The van der Waals surface area contributed by atoms with Crippen LogP contribution in [0.3, 0.4) is 0 Å². The summed E-state index contributed by atoms with van der Waals surface area (Å²) in [6, 6.07) is 19.5. The third-order valence-electron chi connectivity index (χ3n) is 5.28. The number of rotatable bonds is 6. The van der Waals surface area contributed by atoms with Crippen LogP contribution in [-0.4, -0.2) is 51.3 Å². The molecule has 2 heterocycles. The Labute approximate surface area is 160 Å². The van der Waals surface area contributed by atoms with E-state index in [2.05, 4.69) is 56.9 Å². The summed E-state index contributed by atoms with van der Waals surface area (Å²) in [7, 11) is 0. The van der Waals surface area contributed by atoms with Crippen LogP contribution >= 0.6 is 0 Å². The van der Waals surface area contributed by atoms with E-state index in [-0.39, 0.29) is 0 Å². The number of aryl methyl sites for hydroxylation is 1. The number of piperazine rings is 1.